The third-order valence-electron chi connectivity index (χ3n) is 16.3. The van der Waals surface area contributed by atoms with Crippen LogP contribution in [-0.4, -0.2) is 57.7 Å². The lowest BCUT2D eigenvalue weighted by atomic mass is 9.50. The molecule has 9 aliphatic rings. The van der Waals surface area contributed by atoms with Crippen molar-refractivity contribution in [2.24, 2.45) is 46.8 Å². The molecule has 5 saturated carbocycles. The van der Waals surface area contributed by atoms with Gasteiger partial charge in [0.25, 0.3) is 0 Å². The van der Waals surface area contributed by atoms with Gasteiger partial charge in [-0.1, -0.05) is 83.8 Å². The average molecular weight is 574 g/mol. The van der Waals surface area contributed by atoms with Crippen molar-refractivity contribution in [2.75, 3.05) is 7.05 Å². The molecule has 3 nitrogen and oxygen atoms in total. The Labute approximate surface area is 258 Å². The van der Waals surface area contributed by atoms with E-state index in [4.69, 9.17) is 0 Å². The number of likely N-dealkylation sites (tertiary alicyclic amines) is 1. The Morgan fingerprint density at radius 2 is 1.57 bits per heavy atom. The Hall–Kier alpha value is -0.380. The Balaban J connectivity index is 1.11. The lowest BCUT2D eigenvalue weighted by molar-refractivity contribution is -0.0957. The molecule has 0 amide bonds. The van der Waals surface area contributed by atoms with Crippen LogP contribution in [0.15, 0.2) is 12.2 Å². The molecule has 6 aliphatic carbocycles. The molecule has 0 aromatic carbocycles. The lowest BCUT2D eigenvalue weighted by Crippen LogP contribution is -2.61. The molecule has 3 aliphatic heterocycles. The Bertz CT molecular complexity index is 1050. The summed E-state index contributed by atoms with van der Waals surface area (Å²) in [5.41, 5.74) is 1.13. The van der Waals surface area contributed by atoms with Gasteiger partial charge in [-0.05, 0) is 125 Å². The fourth-order valence-electron chi connectivity index (χ4n) is 15.1. The maximum atomic E-state index is 3.38. The molecule has 3 saturated heterocycles. The van der Waals surface area contributed by atoms with Crippen molar-refractivity contribution in [3.63, 3.8) is 0 Å². The minimum Gasteiger partial charge on any atom is -0.273 e. The Morgan fingerprint density at radius 1 is 0.762 bits per heavy atom. The van der Waals surface area contributed by atoms with Crippen LogP contribution in [0, 0.1) is 46.8 Å². The average Bonchev–Trinajstić information content (AvgIpc) is 3.44. The zero-order chi connectivity index (χ0) is 28.2. The van der Waals surface area contributed by atoms with Gasteiger partial charge in [0.15, 0.2) is 0 Å². The number of hydrogen-bond donors (Lipinski definition) is 0. The van der Waals surface area contributed by atoms with E-state index in [0.717, 1.165) is 65.6 Å². The summed E-state index contributed by atoms with van der Waals surface area (Å²) in [6.07, 6.45) is 35.5. The number of fused-ring (bicyclic) bond motifs is 6. The van der Waals surface area contributed by atoms with Gasteiger partial charge in [-0.3, -0.25) is 14.7 Å². The van der Waals surface area contributed by atoms with Gasteiger partial charge in [-0.25, -0.2) is 0 Å². The van der Waals surface area contributed by atoms with E-state index in [9.17, 15) is 0 Å². The molecule has 8 fully saturated rings. The first-order chi connectivity index (χ1) is 20.5. The Kier molecular flexibility index (Phi) is 6.85. The molecule has 0 N–H and O–H groups in total. The van der Waals surface area contributed by atoms with Crippen LogP contribution >= 0.6 is 0 Å². The highest BCUT2D eigenvalue weighted by atomic mass is 15.7. The van der Waals surface area contributed by atoms with E-state index in [1.165, 1.54) is 89.9 Å². The molecular formula is C39H63N3. The van der Waals surface area contributed by atoms with Crippen molar-refractivity contribution < 1.29 is 0 Å². The van der Waals surface area contributed by atoms with E-state index in [2.05, 4.69) is 47.7 Å². The highest BCUT2D eigenvalue weighted by Gasteiger charge is 2.78. The van der Waals surface area contributed by atoms with E-state index < -0.39 is 0 Å². The summed E-state index contributed by atoms with van der Waals surface area (Å²) >= 11 is 0. The summed E-state index contributed by atoms with van der Waals surface area (Å²) in [7, 11) is 2.63. The smallest absolute Gasteiger partial charge is 0.121 e. The van der Waals surface area contributed by atoms with Gasteiger partial charge in [0.2, 0.25) is 0 Å². The number of nitrogens with zero attached hydrogens (tertiary/aromatic N) is 3. The van der Waals surface area contributed by atoms with Crippen molar-refractivity contribution in [1.82, 2.24) is 14.7 Å². The van der Waals surface area contributed by atoms with Crippen LogP contribution in [0.1, 0.15) is 142 Å². The highest BCUT2D eigenvalue weighted by molar-refractivity contribution is 5.32. The quantitative estimate of drug-likeness (QED) is 0.247. The zero-order valence-corrected chi connectivity index (χ0v) is 27.6. The second-order valence-electron chi connectivity index (χ2n) is 18.1. The van der Waals surface area contributed by atoms with E-state index in [-0.39, 0.29) is 0 Å². The summed E-state index contributed by atoms with van der Waals surface area (Å²) in [6.45, 7) is 5.50. The third kappa shape index (κ3) is 3.87. The van der Waals surface area contributed by atoms with Crippen LogP contribution in [0.5, 0.6) is 0 Å². The van der Waals surface area contributed by atoms with Gasteiger partial charge >= 0.3 is 0 Å². The predicted octanol–water partition coefficient (Wildman–Crippen LogP) is 8.84. The first-order valence-electron chi connectivity index (χ1n) is 19.5. The molecule has 234 valence electrons. The van der Waals surface area contributed by atoms with Crippen molar-refractivity contribution >= 4 is 0 Å². The van der Waals surface area contributed by atoms with Crippen LogP contribution in [0.4, 0.5) is 0 Å². The van der Waals surface area contributed by atoms with Crippen LogP contribution in [0.2, 0.25) is 0 Å². The maximum Gasteiger partial charge on any atom is 0.121 e. The van der Waals surface area contributed by atoms with Crippen LogP contribution in [-0.2, 0) is 0 Å². The van der Waals surface area contributed by atoms with Gasteiger partial charge in [-0.15, -0.1) is 0 Å². The number of hydrogen-bond acceptors (Lipinski definition) is 3. The van der Waals surface area contributed by atoms with Gasteiger partial charge in [0.05, 0.1) is 5.54 Å². The summed E-state index contributed by atoms with van der Waals surface area (Å²) in [5, 5.41) is 0. The van der Waals surface area contributed by atoms with E-state index in [1.807, 2.05) is 0 Å². The molecule has 0 radical (unpaired) electrons. The number of allylic oxidation sites excluding steroid dienone is 2. The molecule has 0 aromatic heterocycles. The molecule has 42 heavy (non-hydrogen) atoms. The SMILES string of the molecule is CC1CC2(C)CCCCC2C2C3CCC(C4CCCCC4)CC3N(C3N(C)C(C4CC=CCC4)C45CCCCC4N35)C12. The fraction of sp³-hybridized carbons (Fsp3) is 0.949. The topological polar surface area (TPSA) is 9.49 Å². The van der Waals surface area contributed by atoms with E-state index in [0.29, 0.717) is 17.2 Å². The summed E-state index contributed by atoms with van der Waals surface area (Å²) in [6, 6.07) is 3.35. The molecule has 0 aromatic rings. The molecule has 1 spiro atoms. The second-order valence-corrected chi connectivity index (χ2v) is 18.1. The summed E-state index contributed by atoms with van der Waals surface area (Å²) in [4.78, 5) is 9.65. The Morgan fingerprint density at radius 3 is 2.40 bits per heavy atom. The molecule has 14 unspecified atom stereocenters. The predicted molar refractivity (Wildman–Crippen MR) is 173 cm³/mol. The minimum absolute atomic E-state index is 0.510. The minimum atomic E-state index is 0.510. The lowest BCUT2D eigenvalue weighted by Gasteiger charge is -2.56. The van der Waals surface area contributed by atoms with Crippen LogP contribution in [0.3, 0.4) is 0 Å². The van der Waals surface area contributed by atoms with Crippen molar-refractivity contribution in [3.05, 3.63) is 12.2 Å². The standard InChI is InChI=1S/C39H63N3/c1-26-25-38(2)22-12-10-18-31(38)34-30-21-20-29(27-14-6-4-7-15-27)24-32(30)41(35(26)34)37-40(3)36(28-16-8-5-9-17-28)39-23-13-11-19-33(39)42(37)39/h5,8,26-37H,4,6-7,9-25H2,1-3H3. The fourth-order valence-corrected chi connectivity index (χ4v) is 15.1. The summed E-state index contributed by atoms with van der Waals surface area (Å²) < 4.78 is 0. The molecule has 3 heteroatoms. The van der Waals surface area contributed by atoms with Crippen molar-refractivity contribution in [2.45, 2.75) is 178 Å². The number of likely N-dealkylation sites (N-methyl/N-ethyl adjacent to an activating group) is 1. The zero-order valence-electron chi connectivity index (χ0n) is 27.6. The van der Waals surface area contributed by atoms with Crippen LogP contribution in [0.25, 0.3) is 0 Å². The highest BCUT2D eigenvalue weighted by Crippen LogP contribution is 2.68. The van der Waals surface area contributed by atoms with Gasteiger partial charge < -0.3 is 0 Å². The summed E-state index contributed by atoms with van der Waals surface area (Å²) in [5.74, 6) is 6.72. The monoisotopic (exact) mass is 574 g/mol. The molecule has 0 bridgehead atoms. The molecule has 3 heterocycles. The maximum absolute atomic E-state index is 3.38. The van der Waals surface area contributed by atoms with Crippen molar-refractivity contribution in [1.29, 1.82) is 0 Å². The van der Waals surface area contributed by atoms with Gasteiger partial charge in [-0.2, -0.15) is 0 Å². The van der Waals surface area contributed by atoms with E-state index in [1.54, 1.807) is 38.5 Å². The second kappa shape index (κ2) is 10.3. The first kappa shape index (κ1) is 27.9. The third-order valence-corrected chi connectivity index (χ3v) is 16.3. The molecular weight excluding hydrogens is 510 g/mol. The largest absolute Gasteiger partial charge is 0.273 e. The van der Waals surface area contributed by atoms with Gasteiger partial charge in [0.1, 0.15) is 6.29 Å². The van der Waals surface area contributed by atoms with E-state index >= 15 is 0 Å². The van der Waals surface area contributed by atoms with Crippen molar-refractivity contribution in [3.8, 4) is 0 Å². The normalized spacial score (nSPS) is 56.3. The molecule has 14 atom stereocenters. The van der Waals surface area contributed by atoms with Gasteiger partial charge in [0, 0.05) is 24.2 Å². The number of rotatable bonds is 3. The molecule has 9 rings (SSSR count). The first-order valence-corrected chi connectivity index (χ1v) is 19.5. The van der Waals surface area contributed by atoms with Crippen LogP contribution < -0.4 is 0 Å².